The molecule has 2 fully saturated rings. The lowest BCUT2D eigenvalue weighted by Gasteiger charge is -2.22. The molecule has 0 aromatic carbocycles. The number of amides is 2. The van der Waals surface area contributed by atoms with Crippen molar-refractivity contribution in [1.82, 2.24) is 20.5 Å². The molecule has 0 radical (unpaired) electrons. The van der Waals surface area contributed by atoms with Crippen LogP contribution in [-0.2, 0) is 16.0 Å². The Labute approximate surface area is 175 Å². The van der Waals surface area contributed by atoms with E-state index >= 15 is 0 Å². The van der Waals surface area contributed by atoms with Gasteiger partial charge < -0.3 is 19.8 Å². The van der Waals surface area contributed by atoms with Crippen LogP contribution in [0.2, 0.25) is 0 Å². The molecule has 2 aromatic rings. The molecule has 2 atom stereocenters. The Kier molecular flexibility index (Phi) is 5.53. The van der Waals surface area contributed by atoms with Gasteiger partial charge in [0.25, 0.3) is 0 Å². The Morgan fingerprint density at radius 2 is 2.00 bits per heavy atom. The first-order valence-corrected chi connectivity index (χ1v) is 10.5. The number of anilines is 1. The van der Waals surface area contributed by atoms with E-state index in [-0.39, 0.29) is 36.0 Å². The van der Waals surface area contributed by atoms with Crippen LogP contribution in [0, 0.1) is 0 Å². The number of hydrogen-bond acceptors (Lipinski definition) is 6. The highest BCUT2D eigenvalue weighted by atomic mass is 16.6. The molecule has 2 aromatic heterocycles. The summed E-state index contributed by atoms with van der Waals surface area (Å²) < 4.78 is 11.0. The summed E-state index contributed by atoms with van der Waals surface area (Å²) in [6.07, 6.45) is 5.85. The minimum absolute atomic E-state index is 0.119. The average molecular weight is 415 g/mol. The van der Waals surface area contributed by atoms with Crippen LogP contribution in [0.25, 0.3) is 0 Å². The predicted octanol–water partition coefficient (Wildman–Crippen LogP) is 3.62. The van der Waals surface area contributed by atoms with Crippen LogP contribution in [-0.4, -0.2) is 38.8 Å². The zero-order valence-electron chi connectivity index (χ0n) is 17.7. The summed E-state index contributed by atoms with van der Waals surface area (Å²) in [5.41, 5.74) is 1.25. The van der Waals surface area contributed by atoms with Gasteiger partial charge in [-0.1, -0.05) is 0 Å². The molecule has 2 aliphatic rings. The summed E-state index contributed by atoms with van der Waals surface area (Å²) in [5.74, 6) is 1.67. The molecule has 30 heavy (non-hydrogen) atoms. The SMILES string of the molecule is CC(C)(C)NC(=O)O[C@@H]1CC[C@H](c2cc(NC(=O)Cc3coc(C4CC4)n3)n[nH]2)C1. The minimum atomic E-state index is -0.386. The minimum Gasteiger partial charge on any atom is -0.448 e. The van der Waals surface area contributed by atoms with E-state index in [1.807, 2.05) is 26.8 Å². The number of H-pyrrole nitrogens is 1. The molecule has 9 nitrogen and oxygen atoms in total. The van der Waals surface area contributed by atoms with Crippen LogP contribution < -0.4 is 10.6 Å². The van der Waals surface area contributed by atoms with Crippen molar-refractivity contribution in [3.8, 4) is 0 Å². The summed E-state index contributed by atoms with van der Waals surface area (Å²) in [6, 6.07) is 1.85. The highest BCUT2D eigenvalue weighted by Crippen LogP contribution is 2.39. The molecular formula is C21H29N5O4. The van der Waals surface area contributed by atoms with Crippen molar-refractivity contribution in [1.29, 1.82) is 0 Å². The number of nitrogens with one attached hydrogen (secondary N) is 3. The molecule has 0 spiro atoms. The van der Waals surface area contributed by atoms with Gasteiger partial charge in [0.15, 0.2) is 11.7 Å². The maximum absolute atomic E-state index is 12.3. The smallest absolute Gasteiger partial charge is 0.407 e. The fourth-order valence-corrected chi connectivity index (χ4v) is 3.70. The lowest BCUT2D eigenvalue weighted by atomic mass is 10.0. The van der Waals surface area contributed by atoms with Gasteiger partial charge in [0.05, 0.1) is 12.1 Å². The standard InChI is InChI=1S/C21H29N5O4/c1-21(2,3)24-20(28)30-15-7-6-13(8-15)16-10-17(26-25-16)23-18(27)9-14-11-29-19(22-14)12-4-5-12/h10-13,15H,4-9H2,1-3H3,(H,24,28)(H2,23,25,26,27)/t13-,15+/m0/s1. The van der Waals surface area contributed by atoms with Crippen LogP contribution in [0.15, 0.2) is 16.7 Å². The van der Waals surface area contributed by atoms with Gasteiger partial charge in [0.1, 0.15) is 12.4 Å². The molecule has 9 heteroatoms. The quantitative estimate of drug-likeness (QED) is 0.662. The second-order valence-electron chi connectivity index (χ2n) is 9.30. The van der Waals surface area contributed by atoms with E-state index in [0.717, 1.165) is 43.7 Å². The molecule has 2 aliphatic carbocycles. The molecule has 3 N–H and O–H groups in total. The van der Waals surface area contributed by atoms with Gasteiger partial charge in [-0.25, -0.2) is 9.78 Å². The third-order valence-corrected chi connectivity index (χ3v) is 5.28. The number of nitrogens with zero attached hydrogens (tertiary/aromatic N) is 2. The van der Waals surface area contributed by atoms with Crippen molar-refractivity contribution in [3.05, 3.63) is 29.6 Å². The molecule has 4 rings (SSSR count). The topological polar surface area (TPSA) is 122 Å². The first-order valence-electron chi connectivity index (χ1n) is 10.5. The van der Waals surface area contributed by atoms with Crippen molar-refractivity contribution >= 4 is 17.8 Å². The number of hydrogen-bond donors (Lipinski definition) is 3. The van der Waals surface area contributed by atoms with Crippen molar-refractivity contribution in [2.45, 2.75) is 82.8 Å². The molecule has 2 amide bonds. The summed E-state index contributed by atoms with van der Waals surface area (Å²) in [7, 11) is 0. The van der Waals surface area contributed by atoms with Gasteiger partial charge in [-0.05, 0) is 52.9 Å². The molecule has 0 saturated heterocycles. The van der Waals surface area contributed by atoms with E-state index in [1.54, 1.807) is 6.26 Å². The average Bonchev–Trinajstić information content (AvgIpc) is 3.02. The molecule has 0 unspecified atom stereocenters. The largest absolute Gasteiger partial charge is 0.448 e. The highest BCUT2D eigenvalue weighted by Gasteiger charge is 2.31. The first-order chi connectivity index (χ1) is 14.2. The number of rotatable bonds is 6. The van der Waals surface area contributed by atoms with Gasteiger partial charge in [0.2, 0.25) is 5.91 Å². The van der Waals surface area contributed by atoms with E-state index in [1.165, 1.54) is 0 Å². The molecule has 0 aliphatic heterocycles. The number of carbonyl (C=O) groups is 2. The lowest BCUT2D eigenvalue weighted by Crippen LogP contribution is -2.42. The molecule has 2 saturated carbocycles. The van der Waals surface area contributed by atoms with Gasteiger partial charge in [-0.2, -0.15) is 5.10 Å². The van der Waals surface area contributed by atoms with Gasteiger partial charge >= 0.3 is 6.09 Å². The summed E-state index contributed by atoms with van der Waals surface area (Å²) in [4.78, 5) is 28.6. The van der Waals surface area contributed by atoms with E-state index < -0.39 is 0 Å². The number of ether oxygens (including phenoxy) is 1. The third-order valence-electron chi connectivity index (χ3n) is 5.28. The number of alkyl carbamates (subject to hydrolysis) is 1. The number of aromatic nitrogens is 3. The fourth-order valence-electron chi connectivity index (χ4n) is 3.70. The number of aromatic amines is 1. The highest BCUT2D eigenvalue weighted by molar-refractivity contribution is 5.91. The Hall–Kier alpha value is -2.84. The van der Waals surface area contributed by atoms with Crippen molar-refractivity contribution in [2.24, 2.45) is 0 Å². The third kappa shape index (κ3) is 5.40. The van der Waals surface area contributed by atoms with Crippen LogP contribution in [0.1, 0.15) is 82.0 Å². The van der Waals surface area contributed by atoms with Gasteiger partial charge in [0, 0.05) is 29.1 Å². The predicted molar refractivity (Wildman–Crippen MR) is 109 cm³/mol. The molecule has 2 heterocycles. The Morgan fingerprint density at radius 1 is 1.23 bits per heavy atom. The zero-order chi connectivity index (χ0) is 21.3. The Balaban J connectivity index is 1.25. The molecular weight excluding hydrogens is 386 g/mol. The normalized spacial score (nSPS) is 21.4. The zero-order valence-corrected chi connectivity index (χ0v) is 17.7. The Morgan fingerprint density at radius 3 is 2.73 bits per heavy atom. The van der Waals surface area contributed by atoms with E-state index in [2.05, 4.69) is 25.8 Å². The van der Waals surface area contributed by atoms with Crippen molar-refractivity contribution in [2.75, 3.05) is 5.32 Å². The Bertz CT molecular complexity index is 909. The number of carbonyl (C=O) groups excluding carboxylic acids is 2. The van der Waals surface area contributed by atoms with Crippen LogP contribution >= 0.6 is 0 Å². The van der Waals surface area contributed by atoms with E-state index in [0.29, 0.717) is 17.4 Å². The van der Waals surface area contributed by atoms with Crippen LogP contribution in [0.3, 0.4) is 0 Å². The lowest BCUT2D eigenvalue weighted by molar-refractivity contribution is -0.115. The van der Waals surface area contributed by atoms with Gasteiger partial charge in [-0.3, -0.25) is 9.89 Å². The van der Waals surface area contributed by atoms with Crippen LogP contribution in [0.4, 0.5) is 10.6 Å². The van der Waals surface area contributed by atoms with Crippen LogP contribution in [0.5, 0.6) is 0 Å². The summed E-state index contributed by atoms with van der Waals surface area (Å²) in [5, 5.41) is 12.8. The second-order valence-corrected chi connectivity index (χ2v) is 9.30. The van der Waals surface area contributed by atoms with Crippen molar-refractivity contribution in [3.63, 3.8) is 0 Å². The van der Waals surface area contributed by atoms with Gasteiger partial charge in [-0.15, -0.1) is 0 Å². The first kappa shape index (κ1) is 20.4. The second kappa shape index (κ2) is 8.12. The summed E-state index contributed by atoms with van der Waals surface area (Å²) >= 11 is 0. The maximum Gasteiger partial charge on any atom is 0.407 e. The van der Waals surface area contributed by atoms with E-state index in [4.69, 9.17) is 9.15 Å². The summed E-state index contributed by atoms with van der Waals surface area (Å²) in [6.45, 7) is 5.75. The fraction of sp³-hybridized carbons (Fsp3) is 0.619. The van der Waals surface area contributed by atoms with E-state index in [9.17, 15) is 9.59 Å². The molecule has 162 valence electrons. The maximum atomic E-state index is 12.3. The number of oxazole rings is 1. The van der Waals surface area contributed by atoms with Crippen molar-refractivity contribution < 1.29 is 18.7 Å². The monoisotopic (exact) mass is 415 g/mol. The molecule has 0 bridgehead atoms.